The van der Waals surface area contributed by atoms with Gasteiger partial charge in [-0.3, -0.25) is 4.79 Å². The summed E-state index contributed by atoms with van der Waals surface area (Å²) in [6.45, 7) is 6.59. The number of amides is 1. The first-order valence-corrected chi connectivity index (χ1v) is 7.22. The SMILES string of the molecule is CCOc1ccccc1C(=O)NC(CCCl)C(C)C. The molecule has 0 aliphatic heterocycles. The van der Waals surface area contributed by atoms with Crippen molar-refractivity contribution in [2.45, 2.75) is 33.2 Å². The molecule has 3 nitrogen and oxygen atoms in total. The van der Waals surface area contributed by atoms with E-state index >= 15 is 0 Å². The highest BCUT2D eigenvalue weighted by Crippen LogP contribution is 2.18. The first kappa shape index (κ1) is 15.8. The van der Waals surface area contributed by atoms with Gasteiger partial charge >= 0.3 is 0 Å². The van der Waals surface area contributed by atoms with E-state index in [1.807, 2.05) is 25.1 Å². The lowest BCUT2D eigenvalue weighted by molar-refractivity contribution is 0.0921. The Hall–Kier alpha value is -1.22. The Labute approximate surface area is 120 Å². The first-order valence-electron chi connectivity index (χ1n) is 6.68. The molecule has 1 amide bonds. The zero-order valence-electron chi connectivity index (χ0n) is 11.8. The molecule has 1 unspecified atom stereocenters. The molecule has 0 aliphatic carbocycles. The Morgan fingerprint density at radius 1 is 1.37 bits per heavy atom. The Morgan fingerprint density at radius 3 is 2.63 bits per heavy atom. The van der Waals surface area contributed by atoms with E-state index in [-0.39, 0.29) is 11.9 Å². The number of ether oxygens (including phenoxy) is 1. The summed E-state index contributed by atoms with van der Waals surface area (Å²) in [7, 11) is 0. The third kappa shape index (κ3) is 4.75. The predicted octanol–water partition coefficient (Wildman–Crippen LogP) is 3.47. The summed E-state index contributed by atoms with van der Waals surface area (Å²) in [6, 6.07) is 7.37. The summed E-state index contributed by atoms with van der Waals surface area (Å²) in [5.41, 5.74) is 0.574. The normalized spacial score (nSPS) is 12.3. The molecule has 1 rings (SSSR count). The largest absolute Gasteiger partial charge is 0.493 e. The molecule has 0 aliphatic rings. The highest BCUT2D eigenvalue weighted by atomic mass is 35.5. The maximum Gasteiger partial charge on any atom is 0.255 e. The van der Waals surface area contributed by atoms with Crippen molar-refractivity contribution in [2.24, 2.45) is 5.92 Å². The number of carbonyl (C=O) groups is 1. The summed E-state index contributed by atoms with van der Waals surface area (Å²) < 4.78 is 5.47. The highest BCUT2D eigenvalue weighted by molar-refractivity contribution is 6.17. The molecule has 0 heterocycles. The summed E-state index contributed by atoms with van der Waals surface area (Å²) in [6.07, 6.45) is 0.766. The minimum Gasteiger partial charge on any atom is -0.493 e. The van der Waals surface area contributed by atoms with E-state index in [2.05, 4.69) is 19.2 Å². The molecular weight excluding hydrogens is 262 g/mol. The van der Waals surface area contributed by atoms with Gasteiger partial charge in [0.2, 0.25) is 0 Å². The molecule has 106 valence electrons. The van der Waals surface area contributed by atoms with Crippen LogP contribution in [-0.2, 0) is 0 Å². The van der Waals surface area contributed by atoms with Crippen molar-refractivity contribution in [3.05, 3.63) is 29.8 Å². The van der Waals surface area contributed by atoms with Gasteiger partial charge in [-0.2, -0.15) is 0 Å². The fraction of sp³-hybridized carbons (Fsp3) is 0.533. The van der Waals surface area contributed by atoms with Crippen molar-refractivity contribution >= 4 is 17.5 Å². The lowest BCUT2D eigenvalue weighted by atomic mass is 10.0. The molecule has 0 saturated heterocycles. The van der Waals surface area contributed by atoms with Gasteiger partial charge < -0.3 is 10.1 Å². The first-order chi connectivity index (χ1) is 9.10. The van der Waals surface area contributed by atoms with Crippen molar-refractivity contribution in [2.75, 3.05) is 12.5 Å². The molecule has 0 spiro atoms. The zero-order chi connectivity index (χ0) is 14.3. The van der Waals surface area contributed by atoms with Gasteiger partial charge in [-0.25, -0.2) is 0 Å². The van der Waals surface area contributed by atoms with E-state index in [0.717, 1.165) is 6.42 Å². The van der Waals surface area contributed by atoms with Gasteiger partial charge in [0.05, 0.1) is 12.2 Å². The molecule has 1 aromatic rings. The fourth-order valence-corrected chi connectivity index (χ4v) is 2.11. The quantitative estimate of drug-likeness (QED) is 0.778. The van der Waals surface area contributed by atoms with Crippen LogP contribution in [0.3, 0.4) is 0 Å². The van der Waals surface area contributed by atoms with Crippen LogP contribution in [0.25, 0.3) is 0 Å². The summed E-state index contributed by atoms with van der Waals surface area (Å²) >= 11 is 5.77. The molecule has 0 fully saturated rings. The Balaban J connectivity index is 2.81. The van der Waals surface area contributed by atoms with Crippen molar-refractivity contribution in [1.82, 2.24) is 5.32 Å². The van der Waals surface area contributed by atoms with Gasteiger partial charge in [-0.05, 0) is 31.4 Å². The maximum absolute atomic E-state index is 12.3. The number of nitrogens with one attached hydrogen (secondary N) is 1. The lowest BCUT2D eigenvalue weighted by Crippen LogP contribution is -2.39. The van der Waals surface area contributed by atoms with Crippen LogP contribution in [-0.4, -0.2) is 24.4 Å². The summed E-state index contributed by atoms with van der Waals surface area (Å²) in [5, 5.41) is 3.03. The topological polar surface area (TPSA) is 38.3 Å². The second-order valence-electron chi connectivity index (χ2n) is 4.73. The number of benzene rings is 1. The number of hydrogen-bond donors (Lipinski definition) is 1. The molecule has 4 heteroatoms. The van der Waals surface area contributed by atoms with Gasteiger partial charge in [0.1, 0.15) is 5.75 Å². The Kier molecular flexibility index (Phi) is 6.71. The van der Waals surface area contributed by atoms with E-state index in [9.17, 15) is 4.79 Å². The fourth-order valence-electron chi connectivity index (χ4n) is 1.87. The summed E-state index contributed by atoms with van der Waals surface area (Å²) in [5.74, 6) is 1.40. The van der Waals surface area contributed by atoms with E-state index in [1.54, 1.807) is 6.07 Å². The van der Waals surface area contributed by atoms with Crippen LogP contribution in [0.2, 0.25) is 0 Å². The smallest absolute Gasteiger partial charge is 0.255 e. The lowest BCUT2D eigenvalue weighted by Gasteiger charge is -2.22. The monoisotopic (exact) mass is 283 g/mol. The van der Waals surface area contributed by atoms with E-state index < -0.39 is 0 Å². The average Bonchev–Trinajstić information content (AvgIpc) is 2.39. The minimum absolute atomic E-state index is 0.0830. The van der Waals surface area contributed by atoms with Gasteiger partial charge in [-0.1, -0.05) is 26.0 Å². The number of hydrogen-bond acceptors (Lipinski definition) is 2. The Bertz CT molecular complexity index is 407. The maximum atomic E-state index is 12.3. The standard InChI is InChI=1S/C15H22ClNO2/c1-4-19-14-8-6-5-7-12(14)15(18)17-13(9-10-16)11(2)3/h5-8,11,13H,4,9-10H2,1-3H3,(H,17,18). The molecule has 1 atom stereocenters. The van der Waals surface area contributed by atoms with E-state index in [1.165, 1.54) is 0 Å². The summed E-state index contributed by atoms with van der Waals surface area (Å²) in [4.78, 5) is 12.3. The van der Waals surface area contributed by atoms with Crippen LogP contribution in [0.1, 0.15) is 37.6 Å². The van der Waals surface area contributed by atoms with E-state index in [4.69, 9.17) is 16.3 Å². The average molecular weight is 284 g/mol. The van der Waals surface area contributed by atoms with Gasteiger partial charge in [0.15, 0.2) is 0 Å². The third-order valence-corrected chi connectivity index (χ3v) is 3.19. The van der Waals surface area contributed by atoms with E-state index in [0.29, 0.717) is 29.7 Å². The molecule has 0 aromatic heterocycles. The van der Waals surface area contributed by atoms with Crippen LogP contribution in [0, 0.1) is 5.92 Å². The van der Waals surface area contributed by atoms with Crippen LogP contribution in [0.4, 0.5) is 0 Å². The number of halogens is 1. The molecule has 19 heavy (non-hydrogen) atoms. The molecule has 0 bridgehead atoms. The molecular formula is C15H22ClNO2. The van der Waals surface area contributed by atoms with Crippen molar-refractivity contribution < 1.29 is 9.53 Å². The molecule has 0 radical (unpaired) electrons. The number of carbonyl (C=O) groups excluding carboxylic acids is 1. The highest BCUT2D eigenvalue weighted by Gasteiger charge is 2.18. The Morgan fingerprint density at radius 2 is 2.05 bits per heavy atom. The predicted molar refractivity (Wildman–Crippen MR) is 79.0 cm³/mol. The van der Waals surface area contributed by atoms with Crippen LogP contribution in [0.15, 0.2) is 24.3 Å². The van der Waals surface area contributed by atoms with Gasteiger partial charge in [0, 0.05) is 11.9 Å². The number of alkyl halides is 1. The number of para-hydroxylation sites is 1. The minimum atomic E-state index is -0.104. The third-order valence-electron chi connectivity index (χ3n) is 2.97. The van der Waals surface area contributed by atoms with Gasteiger partial charge in [-0.15, -0.1) is 11.6 Å². The van der Waals surface area contributed by atoms with Crippen LogP contribution >= 0.6 is 11.6 Å². The molecule has 1 aromatic carbocycles. The van der Waals surface area contributed by atoms with Gasteiger partial charge in [0.25, 0.3) is 5.91 Å². The van der Waals surface area contributed by atoms with Crippen molar-refractivity contribution in [3.63, 3.8) is 0 Å². The zero-order valence-corrected chi connectivity index (χ0v) is 12.5. The van der Waals surface area contributed by atoms with Crippen LogP contribution in [0.5, 0.6) is 5.75 Å². The van der Waals surface area contributed by atoms with Crippen molar-refractivity contribution in [1.29, 1.82) is 0 Å². The van der Waals surface area contributed by atoms with Crippen LogP contribution < -0.4 is 10.1 Å². The van der Waals surface area contributed by atoms with Crippen molar-refractivity contribution in [3.8, 4) is 5.75 Å². The molecule has 0 saturated carbocycles. The number of rotatable bonds is 7. The second-order valence-corrected chi connectivity index (χ2v) is 5.11. The second kappa shape index (κ2) is 8.05. The molecule has 1 N–H and O–H groups in total.